The maximum atomic E-state index is 13.3. The number of hydrogen-bond acceptors (Lipinski definition) is 4. The van der Waals surface area contributed by atoms with Crippen molar-refractivity contribution in [2.75, 3.05) is 11.9 Å². The first-order chi connectivity index (χ1) is 15.5. The molecule has 32 heavy (non-hydrogen) atoms. The second kappa shape index (κ2) is 10.1. The van der Waals surface area contributed by atoms with Gasteiger partial charge in [0.25, 0.3) is 5.91 Å². The van der Waals surface area contributed by atoms with Gasteiger partial charge in [-0.15, -0.1) is 0 Å². The van der Waals surface area contributed by atoms with Crippen LogP contribution in [0.1, 0.15) is 49.7 Å². The van der Waals surface area contributed by atoms with Crippen molar-refractivity contribution in [1.82, 2.24) is 5.32 Å². The Hall–Kier alpha value is -2.99. The standard InChI is InChI=1S/C26H32N4O2/c1-30-22-16-10-9-15-20(22)23(19-13-7-2-3-8-14-19)28-24(26(30)32)29-25(31)21(27)17-18-11-5-4-6-12-18/h4-6,9-12,15-16,19,21,24H,2-3,7-8,13-14,17,27H2,1H3,(H,29,31)/t21-,24?/m1/s1. The summed E-state index contributed by atoms with van der Waals surface area (Å²) in [6.07, 6.45) is 6.34. The number of nitrogens with zero attached hydrogens (tertiary/aromatic N) is 2. The summed E-state index contributed by atoms with van der Waals surface area (Å²) in [6, 6.07) is 16.8. The van der Waals surface area contributed by atoms with Crippen molar-refractivity contribution in [2.24, 2.45) is 16.6 Å². The van der Waals surface area contributed by atoms with Crippen LogP contribution < -0.4 is 16.0 Å². The third kappa shape index (κ3) is 4.91. The van der Waals surface area contributed by atoms with Gasteiger partial charge in [0.1, 0.15) is 0 Å². The lowest BCUT2D eigenvalue weighted by atomic mass is 9.89. The summed E-state index contributed by atoms with van der Waals surface area (Å²) in [6.45, 7) is 0. The molecule has 2 aromatic rings. The second-order valence-corrected chi connectivity index (χ2v) is 8.82. The third-order valence-corrected chi connectivity index (χ3v) is 6.53. The molecule has 1 saturated carbocycles. The van der Waals surface area contributed by atoms with Gasteiger partial charge in [-0.2, -0.15) is 0 Å². The first-order valence-corrected chi connectivity index (χ1v) is 11.6. The fraction of sp³-hybridized carbons (Fsp3) is 0.423. The molecule has 1 heterocycles. The zero-order valence-electron chi connectivity index (χ0n) is 18.7. The van der Waals surface area contributed by atoms with E-state index in [4.69, 9.17) is 10.7 Å². The highest BCUT2D eigenvalue weighted by atomic mass is 16.2. The molecule has 4 rings (SSSR count). The smallest absolute Gasteiger partial charge is 0.272 e. The Labute approximate surface area is 189 Å². The van der Waals surface area contributed by atoms with Crippen LogP contribution in [0.4, 0.5) is 5.69 Å². The Kier molecular flexibility index (Phi) is 7.00. The fourth-order valence-corrected chi connectivity index (χ4v) is 4.72. The highest BCUT2D eigenvalue weighted by Crippen LogP contribution is 2.32. The van der Waals surface area contributed by atoms with Gasteiger partial charge < -0.3 is 16.0 Å². The zero-order chi connectivity index (χ0) is 22.5. The number of carbonyl (C=O) groups is 2. The molecular weight excluding hydrogens is 400 g/mol. The normalized spacial score (nSPS) is 20.6. The van der Waals surface area contributed by atoms with E-state index in [2.05, 4.69) is 5.32 Å². The Balaban J connectivity index is 1.61. The van der Waals surface area contributed by atoms with Crippen LogP contribution in [0.25, 0.3) is 0 Å². The second-order valence-electron chi connectivity index (χ2n) is 8.82. The van der Waals surface area contributed by atoms with Crippen molar-refractivity contribution < 1.29 is 9.59 Å². The fourth-order valence-electron chi connectivity index (χ4n) is 4.72. The monoisotopic (exact) mass is 432 g/mol. The van der Waals surface area contributed by atoms with Gasteiger partial charge in [0.05, 0.1) is 17.4 Å². The van der Waals surface area contributed by atoms with Crippen LogP contribution in [-0.4, -0.2) is 36.8 Å². The predicted molar refractivity (Wildman–Crippen MR) is 128 cm³/mol. The Morgan fingerprint density at radius 2 is 1.72 bits per heavy atom. The predicted octanol–water partition coefficient (Wildman–Crippen LogP) is 3.43. The molecule has 0 bridgehead atoms. The minimum Gasteiger partial charge on any atom is -0.325 e. The number of anilines is 1. The average molecular weight is 433 g/mol. The third-order valence-electron chi connectivity index (χ3n) is 6.53. The molecule has 2 atom stereocenters. The summed E-state index contributed by atoms with van der Waals surface area (Å²) in [5.74, 6) is -0.327. The zero-order valence-corrected chi connectivity index (χ0v) is 18.7. The Bertz CT molecular complexity index is 980. The summed E-state index contributed by atoms with van der Waals surface area (Å²) in [5.41, 5.74) is 9.92. The van der Waals surface area contributed by atoms with E-state index < -0.39 is 12.2 Å². The molecule has 0 radical (unpaired) electrons. The Morgan fingerprint density at radius 3 is 2.44 bits per heavy atom. The van der Waals surface area contributed by atoms with Crippen LogP contribution in [0, 0.1) is 5.92 Å². The first-order valence-electron chi connectivity index (χ1n) is 11.6. The molecule has 168 valence electrons. The van der Waals surface area contributed by atoms with Gasteiger partial charge in [-0.3, -0.25) is 14.6 Å². The number of amides is 2. The van der Waals surface area contributed by atoms with Crippen LogP contribution in [0.15, 0.2) is 59.6 Å². The number of likely N-dealkylation sites (N-methyl/N-ethyl adjacent to an activating group) is 1. The molecule has 2 aromatic carbocycles. The maximum Gasteiger partial charge on any atom is 0.272 e. The van der Waals surface area contributed by atoms with Gasteiger partial charge in [-0.05, 0) is 30.9 Å². The minimum absolute atomic E-state index is 0.249. The molecule has 0 spiro atoms. The number of rotatable bonds is 5. The van der Waals surface area contributed by atoms with Crippen molar-refractivity contribution in [2.45, 2.75) is 57.2 Å². The largest absolute Gasteiger partial charge is 0.325 e. The van der Waals surface area contributed by atoms with Gasteiger partial charge in [0.2, 0.25) is 12.1 Å². The van der Waals surface area contributed by atoms with Gasteiger partial charge in [-0.1, -0.05) is 74.2 Å². The number of benzene rings is 2. The molecule has 6 nitrogen and oxygen atoms in total. The van der Waals surface area contributed by atoms with E-state index >= 15 is 0 Å². The van der Waals surface area contributed by atoms with Gasteiger partial charge in [0, 0.05) is 18.5 Å². The molecule has 1 fully saturated rings. The lowest BCUT2D eigenvalue weighted by Crippen LogP contribution is -2.51. The maximum absolute atomic E-state index is 13.3. The van der Waals surface area contributed by atoms with E-state index in [9.17, 15) is 9.59 Å². The van der Waals surface area contributed by atoms with Crippen LogP contribution in [0.2, 0.25) is 0 Å². The van der Waals surface area contributed by atoms with Crippen molar-refractivity contribution in [3.05, 3.63) is 65.7 Å². The van der Waals surface area contributed by atoms with Crippen LogP contribution in [-0.2, 0) is 16.0 Å². The lowest BCUT2D eigenvalue weighted by molar-refractivity contribution is -0.128. The van der Waals surface area contributed by atoms with Gasteiger partial charge >= 0.3 is 0 Å². The molecule has 0 aromatic heterocycles. The average Bonchev–Trinajstić information content (AvgIpc) is 3.14. The number of fused-ring (bicyclic) bond motifs is 1. The van der Waals surface area contributed by atoms with Gasteiger partial charge in [0.15, 0.2) is 0 Å². The van der Waals surface area contributed by atoms with Crippen LogP contribution in [0.3, 0.4) is 0 Å². The SMILES string of the molecule is CN1C(=O)C(NC(=O)[C@H](N)Cc2ccccc2)N=C(C2CCCCCC2)c2ccccc21. The summed E-state index contributed by atoms with van der Waals surface area (Å²) in [5, 5.41) is 2.84. The molecule has 1 unspecified atom stereocenters. The molecule has 0 saturated heterocycles. The van der Waals surface area contributed by atoms with Crippen LogP contribution >= 0.6 is 0 Å². The van der Waals surface area contributed by atoms with Crippen molar-refractivity contribution >= 4 is 23.2 Å². The summed E-state index contributed by atoms with van der Waals surface area (Å²) >= 11 is 0. The minimum atomic E-state index is -0.972. The van der Waals surface area contributed by atoms with Crippen molar-refractivity contribution in [3.63, 3.8) is 0 Å². The van der Waals surface area contributed by atoms with Crippen molar-refractivity contribution in [3.8, 4) is 0 Å². The first kappa shape index (κ1) is 22.2. The molecule has 2 aliphatic rings. The van der Waals surface area contributed by atoms with E-state index in [0.29, 0.717) is 6.42 Å². The number of benzodiazepines with no additional fused rings is 1. The Morgan fingerprint density at radius 1 is 1.06 bits per heavy atom. The molecule has 2 amide bonds. The van der Waals surface area contributed by atoms with Crippen molar-refractivity contribution in [1.29, 1.82) is 0 Å². The molecule has 3 N–H and O–H groups in total. The molecule has 6 heteroatoms. The highest BCUT2D eigenvalue weighted by Gasteiger charge is 2.33. The van der Waals surface area contributed by atoms with E-state index in [1.54, 1.807) is 11.9 Å². The summed E-state index contributed by atoms with van der Waals surface area (Å²) in [4.78, 5) is 32.7. The lowest BCUT2D eigenvalue weighted by Gasteiger charge is -2.22. The summed E-state index contributed by atoms with van der Waals surface area (Å²) in [7, 11) is 1.75. The van der Waals surface area contributed by atoms with Gasteiger partial charge in [-0.25, -0.2) is 0 Å². The van der Waals surface area contributed by atoms with E-state index in [0.717, 1.165) is 48.2 Å². The number of carbonyl (C=O) groups excluding carboxylic acids is 2. The quantitative estimate of drug-likeness (QED) is 0.710. The number of nitrogens with two attached hydrogens (primary N) is 1. The molecule has 1 aliphatic heterocycles. The number of para-hydroxylation sites is 1. The molecular formula is C26H32N4O2. The number of nitrogens with one attached hydrogen (secondary N) is 1. The topological polar surface area (TPSA) is 87.8 Å². The number of aliphatic imine (C=N–C) groups is 1. The van der Waals surface area contributed by atoms with E-state index in [-0.39, 0.29) is 17.7 Å². The summed E-state index contributed by atoms with van der Waals surface area (Å²) < 4.78 is 0. The highest BCUT2D eigenvalue weighted by molar-refractivity contribution is 6.14. The number of hydrogen-bond donors (Lipinski definition) is 2. The van der Waals surface area contributed by atoms with E-state index in [1.165, 1.54) is 12.8 Å². The van der Waals surface area contributed by atoms with E-state index in [1.807, 2.05) is 54.6 Å². The molecule has 1 aliphatic carbocycles. The van der Waals surface area contributed by atoms with Crippen LogP contribution in [0.5, 0.6) is 0 Å².